The normalized spacial score (nSPS) is 8.36. The predicted molar refractivity (Wildman–Crippen MR) is 50.3 cm³/mol. The molecule has 1 N–H and O–H groups in total. The highest BCUT2D eigenvalue weighted by Gasteiger charge is 1.79. The van der Waals surface area contributed by atoms with E-state index in [2.05, 4.69) is 5.16 Å². The van der Waals surface area contributed by atoms with E-state index in [1.165, 1.54) is 6.21 Å². The molecule has 1 rings (SSSR count). The number of rotatable bonds is 1. The molecule has 0 aromatic heterocycles. The molecule has 0 aliphatic rings. The van der Waals surface area contributed by atoms with Crippen molar-refractivity contribution in [3.8, 4) is 0 Å². The van der Waals surface area contributed by atoms with E-state index in [4.69, 9.17) is 5.21 Å². The highest BCUT2D eigenvalue weighted by molar-refractivity contribution is 5.85. The summed E-state index contributed by atoms with van der Waals surface area (Å²) in [5.41, 5.74) is 0.903. The second kappa shape index (κ2) is 7.38. The number of nitrogens with zero attached hydrogens (tertiary/aromatic N) is 1. The van der Waals surface area contributed by atoms with Gasteiger partial charge in [0.05, 0.1) is 6.21 Å². The first-order valence-corrected chi connectivity index (χ1v) is 2.66. The van der Waals surface area contributed by atoms with E-state index in [-0.39, 0.29) is 24.8 Å². The number of benzene rings is 1. The van der Waals surface area contributed by atoms with Gasteiger partial charge in [-0.05, 0) is 5.56 Å². The van der Waals surface area contributed by atoms with Gasteiger partial charge in [0.15, 0.2) is 0 Å². The fourth-order valence-electron chi connectivity index (χ4n) is 0.606. The van der Waals surface area contributed by atoms with Gasteiger partial charge in [-0.1, -0.05) is 35.5 Å². The molecule has 0 unspecified atom stereocenters. The topological polar surface area (TPSA) is 32.6 Å². The monoisotopic (exact) mass is 193 g/mol. The summed E-state index contributed by atoms with van der Waals surface area (Å²) in [6, 6.07) is 9.40. The molecule has 0 atom stereocenters. The van der Waals surface area contributed by atoms with Crippen LogP contribution in [0.5, 0.6) is 0 Å². The Morgan fingerprint density at radius 1 is 1.09 bits per heavy atom. The van der Waals surface area contributed by atoms with Crippen molar-refractivity contribution in [3.63, 3.8) is 0 Å². The van der Waals surface area contributed by atoms with E-state index in [1.807, 2.05) is 30.3 Å². The van der Waals surface area contributed by atoms with Crippen molar-refractivity contribution in [1.82, 2.24) is 0 Å². The summed E-state index contributed by atoms with van der Waals surface area (Å²) in [5, 5.41) is 11.0. The van der Waals surface area contributed by atoms with E-state index in [0.29, 0.717) is 0 Å². The molecule has 11 heavy (non-hydrogen) atoms. The molecule has 1 aromatic rings. The molecule has 0 aliphatic heterocycles. The molecule has 62 valence electrons. The maximum absolute atomic E-state index is 8.09. The average molecular weight is 194 g/mol. The fraction of sp³-hybridized carbons (Fsp3) is 0. The van der Waals surface area contributed by atoms with Gasteiger partial charge in [-0.25, -0.2) is 0 Å². The first-order chi connectivity index (χ1) is 4.43. The Bertz CT molecular complexity index is 201. The van der Waals surface area contributed by atoms with Crippen LogP contribution < -0.4 is 0 Å². The molecule has 2 nitrogen and oxygen atoms in total. The van der Waals surface area contributed by atoms with Gasteiger partial charge in [-0.15, -0.1) is 24.8 Å². The second-order valence-corrected chi connectivity index (χ2v) is 1.66. The molecule has 0 heterocycles. The SMILES string of the molecule is Cl.Cl.ON=Cc1ccccc1. The smallest absolute Gasteiger partial charge is 0.0733 e. The Labute approximate surface area is 77.7 Å². The summed E-state index contributed by atoms with van der Waals surface area (Å²) in [6.45, 7) is 0. The number of hydrogen-bond donors (Lipinski definition) is 1. The first kappa shape index (κ1) is 12.9. The zero-order chi connectivity index (χ0) is 6.53. The van der Waals surface area contributed by atoms with Crippen LogP contribution in [0.15, 0.2) is 35.5 Å². The van der Waals surface area contributed by atoms with Gasteiger partial charge >= 0.3 is 0 Å². The third kappa shape index (κ3) is 4.65. The third-order valence-corrected chi connectivity index (χ3v) is 1.01. The lowest BCUT2D eigenvalue weighted by molar-refractivity contribution is 0.322. The molecule has 0 aliphatic carbocycles. The van der Waals surface area contributed by atoms with Crippen LogP contribution in [0, 0.1) is 0 Å². The molecule has 1 aromatic carbocycles. The number of oxime groups is 1. The van der Waals surface area contributed by atoms with Gasteiger partial charge in [0, 0.05) is 0 Å². The molecule has 0 saturated carbocycles. The van der Waals surface area contributed by atoms with Crippen LogP contribution in [0.1, 0.15) is 5.56 Å². The summed E-state index contributed by atoms with van der Waals surface area (Å²) in [6.07, 6.45) is 1.39. The molecule has 0 bridgehead atoms. The van der Waals surface area contributed by atoms with Crippen molar-refractivity contribution in [2.45, 2.75) is 0 Å². The summed E-state index contributed by atoms with van der Waals surface area (Å²) in [5.74, 6) is 0. The van der Waals surface area contributed by atoms with Crippen molar-refractivity contribution in [1.29, 1.82) is 0 Å². The summed E-state index contributed by atoms with van der Waals surface area (Å²) in [4.78, 5) is 0. The van der Waals surface area contributed by atoms with Crippen LogP contribution in [-0.4, -0.2) is 11.4 Å². The van der Waals surface area contributed by atoms with Crippen molar-refractivity contribution in [2.24, 2.45) is 5.16 Å². The lowest BCUT2D eigenvalue weighted by atomic mass is 10.2. The van der Waals surface area contributed by atoms with Gasteiger partial charge < -0.3 is 5.21 Å². The van der Waals surface area contributed by atoms with Crippen molar-refractivity contribution < 1.29 is 5.21 Å². The highest BCUT2D eigenvalue weighted by atomic mass is 35.5. The Hall–Kier alpha value is -0.730. The molecule has 0 saturated heterocycles. The molecular formula is C7H9Cl2NO. The predicted octanol–water partition coefficient (Wildman–Crippen LogP) is 2.34. The minimum Gasteiger partial charge on any atom is -0.411 e. The Morgan fingerprint density at radius 3 is 2.09 bits per heavy atom. The minimum absolute atomic E-state index is 0. The molecule has 0 fully saturated rings. The van der Waals surface area contributed by atoms with Gasteiger partial charge in [0.25, 0.3) is 0 Å². The lowest BCUT2D eigenvalue weighted by Gasteiger charge is -1.85. The number of halogens is 2. The largest absolute Gasteiger partial charge is 0.411 e. The Balaban J connectivity index is 0. The van der Waals surface area contributed by atoms with Crippen LogP contribution in [-0.2, 0) is 0 Å². The first-order valence-electron chi connectivity index (χ1n) is 2.66. The standard InChI is InChI=1S/C7H7NO.2ClH/c9-8-6-7-4-2-1-3-5-7;;/h1-6,9H;2*1H. The highest BCUT2D eigenvalue weighted by Crippen LogP contribution is 1.92. The van der Waals surface area contributed by atoms with Gasteiger partial charge in [0.1, 0.15) is 0 Å². The third-order valence-electron chi connectivity index (χ3n) is 1.01. The van der Waals surface area contributed by atoms with E-state index >= 15 is 0 Å². The maximum atomic E-state index is 8.09. The molecule has 4 heteroatoms. The van der Waals surface area contributed by atoms with Gasteiger partial charge in [-0.2, -0.15) is 0 Å². The van der Waals surface area contributed by atoms with E-state index in [1.54, 1.807) is 0 Å². The fourth-order valence-corrected chi connectivity index (χ4v) is 0.606. The van der Waals surface area contributed by atoms with Crippen molar-refractivity contribution >= 4 is 31.0 Å². The lowest BCUT2D eigenvalue weighted by Crippen LogP contribution is -1.76. The summed E-state index contributed by atoms with van der Waals surface area (Å²) in [7, 11) is 0. The quantitative estimate of drug-likeness (QED) is 0.415. The Morgan fingerprint density at radius 2 is 1.64 bits per heavy atom. The van der Waals surface area contributed by atoms with E-state index in [9.17, 15) is 0 Å². The maximum Gasteiger partial charge on any atom is 0.0733 e. The van der Waals surface area contributed by atoms with Crippen LogP contribution in [0.25, 0.3) is 0 Å². The second-order valence-electron chi connectivity index (χ2n) is 1.66. The molecule has 0 spiro atoms. The van der Waals surface area contributed by atoms with E-state index in [0.717, 1.165) is 5.56 Å². The summed E-state index contributed by atoms with van der Waals surface area (Å²) >= 11 is 0. The number of hydrogen-bond acceptors (Lipinski definition) is 2. The molecular weight excluding hydrogens is 185 g/mol. The Kier molecular flexibility index (Phi) is 8.65. The van der Waals surface area contributed by atoms with Crippen molar-refractivity contribution in [3.05, 3.63) is 35.9 Å². The van der Waals surface area contributed by atoms with E-state index < -0.39 is 0 Å². The summed E-state index contributed by atoms with van der Waals surface area (Å²) < 4.78 is 0. The molecule has 0 radical (unpaired) electrons. The zero-order valence-electron chi connectivity index (χ0n) is 5.68. The molecule has 0 amide bonds. The van der Waals surface area contributed by atoms with Crippen LogP contribution in [0.3, 0.4) is 0 Å². The van der Waals surface area contributed by atoms with Crippen LogP contribution >= 0.6 is 24.8 Å². The minimum atomic E-state index is 0. The van der Waals surface area contributed by atoms with Crippen LogP contribution in [0.4, 0.5) is 0 Å². The zero-order valence-corrected chi connectivity index (χ0v) is 7.31. The van der Waals surface area contributed by atoms with Crippen LogP contribution in [0.2, 0.25) is 0 Å². The van der Waals surface area contributed by atoms with Crippen molar-refractivity contribution in [2.75, 3.05) is 0 Å². The average Bonchev–Trinajstić information content (AvgIpc) is 1.91. The van der Waals surface area contributed by atoms with Gasteiger partial charge in [0.2, 0.25) is 0 Å². The van der Waals surface area contributed by atoms with Gasteiger partial charge in [-0.3, -0.25) is 0 Å².